The summed E-state index contributed by atoms with van der Waals surface area (Å²) >= 11 is 0. The lowest BCUT2D eigenvalue weighted by Gasteiger charge is -2.27. The van der Waals surface area contributed by atoms with Crippen LogP contribution in [0.4, 0.5) is 0 Å². The van der Waals surface area contributed by atoms with Crippen molar-refractivity contribution in [3.8, 4) is 0 Å². The Bertz CT molecular complexity index is 508. The van der Waals surface area contributed by atoms with Gasteiger partial charge in [0.15, 0.2) is 0 Å². The fourth-order valence-corrected chi connectivity index (χ4v) is 3.32. The summed E-state index contributed by atoms with van der Waals surface area (Å²) in [5.74, 6) is 0. The molecule has 2 rings (SSSR count). The number of nitrogens with one attached hydrogen (secondary N) is 2. The topological polar surface area (TPSA) is 61.4 Å². The molecular weight excluding hydrogens is 274 g/mol. The molecule has 1 aliphatic heterocycles. The summed E-state index contributed by atoms with van der Waals surface area (Å²) in [6.45, 7) is 7.51. The minimum absolute atomic E-state index is 0.338. The van der Waals surface area contributed by atoms with Crippen LogP contribution in [0.5, 0.6) is 0 Å². The van der Waals surface area contributed by atoms with E-state index in [1.165, 1.54) is 0 Å². The van der Waals surface area contributed by atoms with Gasteiger partial charge in [0, 0.05) is 32.7 Å². The second-order valence-electron chi connectivity index (χ2n) is 5.16. The van der Waals surface area contributed by atoms with E-state index in [9.17, 15) is 8.42 Å². The van der Waals surface area contributed by atoms with Crippen molar-refractivity contribution in [1.29, 1.82) is 0 Å². The minimum atomic E-state index is -3.36. The van der Waals surface area contributed by atoms with Crippen LogP contribution in [0.15, 0.2) is 29.2 Å². The third kappa shape index (κ3) is 4.56. The summed E-state index contributed by atoms with van der Waals surface area (Å²) in [6, 6.07) is 6.92. The smallest absolute Gasteiger partial charge is 0.240 e. The van der Waals surface area contributed by atoms with Crippen molar-refractivity contribution < 1.29 is 8.42 Å². The monoisotopic (exact) mass is 297 g/mol. The molecule has 0 saturated carbocycles. The molecule has 0 unspecified atom stereocenters. The molecule has 1 saturated heterocycles. The number of hydrogen-bond acceptors (Lipinski definition) is 4. The molecule has 6 heteroatoms. The van der Waals surface area contributed by atoms with Crippen molar-refractivity contribution in [3.05, 3.63) is 29.8 Å². The van der Waals surface area contributed by atoms with Gasteiger partial charge in [-0.2, -0.15) is 0 Å². The van der Waals surface area contributed by atoms with Crippen molar-refractivity contribution >= 4 is 10.0 Å². The lowest BCUT2D eigenvalue weighted by atomic mass is 10.2. The first kappa shape index (κ1) is 15.4. The Labute approximate surface area is 121 Å². The van der Waals surface area contributed by atoms with Gasteiger partial charge in [-0.3, -0.25) is 0 Å². The van der Waals surface area contributed by atoms with Gasteiger partial charge in [-0.1, -0.05) is 17.7 Å². The van der Waals surface area contributed by atoms with Gasteiger partial charge in [-0.05, 0) is 32.0 Å². The molecule has 20 heavy (non-hydrogen) atoms. The molecule has 0 radical (unpaired) electrons. The quantitative estimate of drug-likeness (QED) is 0.754. The Hall–Kier alpha value is -0.950. The van der Waals surface area contributed by atoms with E-state index >= 15 is 0 Å². The molecule has 1 aromatic rings. The van der Waals surface area contributed by atoms with Crippen LogP contribution in [0.1, 0.15) is 12.0 Å². The van der Waals surface area contributed by atoms with Crippen LogP contribution in [-0.4, -0.2) is 52.6 Å². The van der Waals surface area contributed by atoms with Crippen molar-refractivity contribution in [2.45, 2.75) is 18.2 Å². The maximum absolute atomic E-state index is 12.1. The number of piperazine rings is 1. The first-order valence-electron chi connectivity index (χ1n) is 7.07. The molecule has 1 aliphatic rings. The van der Waals surface area contributed by atoms with Gasteiger partial charge in [0.25, 0.3) is 0 Å². The lowest BCUT2D eigenvalue weighted by molar-refractivity contribution is 0.239. The maximum atomic E-state index is 12.1. The van der Waals surface area contributed by atoms with Gasteiger partial charge in [0.05, 0.1) is 4.90 Å². The zero-order valence-electron chi connectivity index (χ0n) is 11.9. The van der Waals surface area contributed by atoms with Crippen LogP contribution in [0.25, 0.3) is 0 Å². The number of aryl methyl sites for hydroxylation is 1. The van der Waals surface area contributed by atoms with Crippen LogP contribution in [0, 0.1) is 6.92 Å². The average Bonchev–Trinajstić information content (AvgIpc) is 2.45. The molecule has 1 fully saturated rings. The number of nitrogens with zero attached hydrogens (tertiary/aromatic N) is 1. The third-order valence-corrected chi connectivity index (χ3v) is 4.96. The summed E-state index contributed by atoms with van der Waals surface area (Å²) in [5.41, 5.74) is 1.06. The Morgan fingerprint density at radius 2 is 1.85 bits per heavy atom. The molecule has 0 bridgehead atoms. The Morgan fingerprint density at radius 3 is 2.50 bits per heavy atom. The van der Waals surface area contributed by atoms with E-state index in [0.29, 0.717) is 11.4 Å². The molecule has 0 atom stereocenters. The molecule has 1 heterocycles. The van der Waals surface area contributed by atoms with E-state index in [4.69, 9.17) is 0 Å². The highest BCUT2D eigenvalue weighted by atomic mass is 32.2. The zero-order chi connectivity index (χ0) is 14.4. The van der Waals surface area contributed by atoms with Crippen molar-refractivity contribution in [3.63, 3.8) is 0 Å². The molecule has 0 aliphatic carbocycles. The van der Waals surface area contributed by atoms with Crippen molar-refractivity contribution in [1.82, 2.24) is 14.9 Å². The van der Waals surface area contributed by atoms with Crippen molar-refractivity contribution in [2.24, 2.45) is 0 Å². The summed E-state index contributed by atoms with van der Waals surface area (Å²) in [6.07, 6.45) is 0.838. The second kappa shape index (κ2) is 7.17. The number of sulfonamides is 1. The summed E-state index contributed by atoms with van der Waals surface area (Å²) in [4.78, 5) is 2.70. The Morgan fingerprint density at radius 1 is 1.20 bits per heavy atom. The van der Waals surface area contributed by atoms with Gasteiger partial charge in [0.1, 0.15) is 0 Å². The molecule has 0 spiro atoms. The Balaban J connectivity index is 1.76. The normalized spacial score (nSPS) is 17.2. The van der Waals surface area contributed by atoms with Gasteiger partial charge < -0.3 is 10.2 Å². The predicted molar refractivity (Wildman–Crippen MR) is 80.3 cm³/mol. The summed E-state index contributed by atoms with van der Waals surface area (Å²) in [7, 11) is -3.36. The number of hydrogen-bond donors (Lipinski definition) is 2. The van der Waals surface area contributed by atoms with Gasteiger partial charge >= 0.3 is 0 Å². The maximum Gasteiger partial charge on any atom is 0.240 e. The van der Waals surface area contributed by atoms with Gasteiger partial charge in [0.2, 0.25) is 10.0 Å². The molecule has 0 aromatic heterocycles. The van der Waals surface area contributed by atoms with Crippen LogP contribution in [0.3, 0.4) is 0 Å². The molecular formula is C14H23N3O2S. The first-order chi connectivity index (χ1) is 9.58. The fourth-order valence-electron chi connectivity index (χ4n) is 2.24. The molecule has 112 valence electrons. The van der Waals surface area contributed by atoms with Crippen LogP contribution in [0.2, 0.25) is 0 Å². The van der Waals surface area contributed by atoms with E-state index in [2.05, 4.69) is 14.9 Å². The van der Waals surface area contributed by atoms with Crippen molar-refractivity contribution in [2.75, 3.05) is 39.3 Å². The van der Waals surface area contributed by atoms with Crippen LogP contribution in [-0.2, 0) is 10.0 Å². The number of benzene rings is 1. The minimum Gasteiger partial charge on any atom is -0.314 e. The second-order valence-corrected chi connectivity index (χ2v) is 6.92. The van der Waals surface area contributed by atoms with Crippen LogP contribution >= 0.6 is 0 Å². The number of rotatable bonds is 6. The highest BCUT2D eigenvalue weighted by Gasteiger charge is 2.13. The molecule has 1 aromatic carbocycles. The highest BCUT2D eigenvalue weighted by molar-refractivity contribution is 7.89. The SMILES string of the molecule is Cc1ccc(S(=O)(=O)NCCCN2CCNCC2)cc1. The van der Waals surface area contributed by atoms with E-state index in [0.717, 1.165) is 44.7 Å². The molecule has 5 nitrogen and oxygen atoms in total. The largest absolute Gasteiger partial charge is 0.314 e. The zero-order valence-corrected chi connectivity index (χ0v) is 12.7. The average molecular weight is 297 g/mol. The first-order valence-corrected chi connectivity index (χ1v) is 8.56. The third-order valence-electron chi connectivity index (χ3n) is 3.48. The van der Waals surface area contributed by atoms with Crippen LogP contribution < -0.4 is 10.0 Å². The fraction of sp³-hybridized carbons (Fsp3) is 0.571. The van der Waals surface area contributed by atoms with E-state index in [1.54, 1.807) is 12.1 Å². The molecule has 0 amide bonds. The Kier molecular flexibility index (Phi) is 5.54. The lowest BCUT2D eigenvalue weighted by Crippen LogP contribution is -2.44. The molecule has 2 N–H and O–H groups in total. The van der Waals surface area contributed by atoms with E-state index < -0.39 is 10.0 Å². The van der Waals surface area contributed by atoms with Gasteiger partial charge in [-0.15, -0.1) is 0 Å². The summed E-state index contributed by atoms with van der Waals surface area (Å²) in [5, 5.41) is 3.30. The predicted octanol–water partition coefficient (Wildman–Crippen LogP) is 0.569. The standard InChI is InChI=1S/C14H23N3O2S/c1-13-3-5-14(6-4-13)20(18,19)16-7-2-10-17-11-8-15-9-12-17/h3-6,15-16H,2,7-12H2,1H3. The van der Waals surface area contributed by atoms with Gasteiger partial charge in [-0.25, -0.2) is 13.1 Å². The summed E-state index contributed by atoms with van der Waals surface area (Å²) < 4.78 is 26.8. The highest BCUT2D eigenvalue weighted by Crippen LogP contribution is 2.09. The van der Waals surface area contributed by atoms with E-state index in [-0.39, 0.29) is 0 Å². The van der Waals surface area contributed by atoms with E-state index in [1.807, 2.05) is 19.1 Å².